The number of nitrogens with zero attached hydrogens (tertiary/aromatic N) is 2. The molecule has 2 N–H and O–H groups in total. The second kappa shape index (κ2) is 6.95. The lowest BCUT2D eigenvalue weighted by Gasteiger charge is -2.26. The molecule has 2 rings (SSSR count). The fraction of sp³-hybridized carbons (Fsp3) is 0.438. The SMILES string of the molecule is CSCCC(C)N(C)c1cc(CN)c2ccccc2n1. The Hall–Kier alpha value is -1.26. The van der Waals surface area contributed by atoms with Crippen molar-refractivity contribution in [1.82, 2.24) is 4.98 Å². The quantitative estimate of drug-likeness (QED) is 0.886. The molecule has 0 aliphatic carbocycles. The molecular weight excluding hydrogens is 266 g/mol. The Morgan fingerprint density at radius 1 is 1.35 bits per heavy atom. The topological polar surface area (TPSA) is 42.1 Å². The Balaban J connectivity index is 2.34. The molecule has 0 spiro atoms. The minimum atomic E-state index is 0.474. The molecule has 0 saturated carbocycles. The van der Waals surface area contributed by atoms with E-state index in [1.54, 1.807) is 0 Å². The summed E-state index contributed by atoms with van der Waals surface area (Å²) >= 11 is 1.89. The van der Waals surface area contributed by atoms with Gasteiger partial charge in [-0.1, -0.05) is 18.2 Å². The fourth-order valence-electron chi connectivity index (χ4n) is 2.29. The van der Waals surface area contributed by atoms with Gasteiger partial charge in [0, 0.05) is 25.0 Å². The first-order valence-electron chi connectivity index (χ1n) is 6.98. The maximum atomic E-state index is 5.89. The van der Waals surface area contributed by atoms with Crippen molar-refractivity contribution in [1.29, 1.82) is 0 Å². The molecule has 0 radical (unpaired) electrons. The zero-order valence-electron chi connectivity index (χ0n) is 12.5. The summed E-state index contributed by atoms with van der Waals surface area (Å²) in [5, 5.41) is 1.16. The van der Waals surface area contributed by atoms with Gasteiger partial charge in [-0.25, -0.2) is 4.98 Å². The van der Waals surface area contributed by atoms with Crippen molar-refractivity contribution in [3.8, 4) is 0 Å². The number of hydrogen-bond donors (Lipinski definition) is 1. The van der Waals surface area contributed by atoms with Gasteiger partial charge in [-0.05, 0) is 43.0 Å². The number of anilines is 1. The second-order valence-corrected chi connectivity index (χ2v) is 6.09. The van der Waals surface area contributed by atoms with E-state index in [1.165, 1.54) is 5.75 Å². The highest BCUT2D eigenvalue weighted by Gasteiger charge is 2.13. The van der Waals surface area contributed by atoms with Crippen molar-refractivity contribution in [2.75, 3.05) is 24.0 Å². The third-order valence-electron chi connectivity index (χ3n) is 3.77. The molecule has 0 fully saturated rings. The number of aromatic nitrogens is 1. The van der Waals surface area contributed by atoms with Crippen LogP contribution in [0.1, 0.15) is 18.9 Å². The van der Waals surface area contributed by atoms with Crippen molar-refractivity contribution in [2.24, 2.45) is 5.73 Å². The largest absolute Gasteiger partial charge is 0.357 e. The predicted octanol–water partition coefficient (Wildman–Crippen LogP) is 3.27. The van der Waals surface area contributed by atoms with Crippen molar-refractivity contribution in [3.05, 3.63) is 35.9 Å². The van der Waals surface area contributed by atoms with Gasteiger partial charge in [0.1, 0.15) is 5.82 Å². The van der Waals surface area contributed by atoms with Crippen molar-refractivity contribution >= 4 is 28.5 Å². The van der Waals surface area contributed by atoms with Gasteiger partial charge in [-0.15, -0.1) is 0 Å². The van der Waals surface area contributed by atoms with E-state index in [1.807, 2.05) is 23.9 Å². The van der Waals surface area contributed by atoms with Gasteiger partial charge in [0.25, 0.3) is 0 Å². The highest BCUT2D eigenvalue weighted by atomic mass is 32.2. The molecule has 108 valence electrons. The maximum Gasteiger partial charge on any atom is 0.129 e. The van der Waals surface area contributed by atoms with Crippen LogP contribution in [0, 0.1) is 0 Å². The van der Waals surface area contributed by atoms with Crippen LogP contribution >= 0.6 is 11.8 Å². The van der Waals surface area contributed by atoms with Crippen LogP contribution in [0.25, 0.3) is 10.9 Å². The van der Waals surface area contributed by atoms with E-state index in [9.17, 15) is 0 Å². The van der Waals surface area contributed by atoms with E-state index in [0.717, 1.165) is 28.7 Å². The molecule has 3 nitrogen and oxygen atoms in total. The average Bonchev–Trinajstić information content (AvgIpc) is 2.50. The summed E-state index contributed by atoms with van der Waals surface area (Å²) in [5.41, 5.74) is 8.08. The number of hydrogen-bond acceptors (Lipinski definition) is 4. The molecule has 1 unspecified atom stereocenters. The van der Waals surface area contributed by atoms with Gasteiger partial charge in [0.05, 0.1) is 5.52 Å². The first kappa shape index (κ1) is 15.1. The molecule has 20 heavy (non-hydrogen) atoms. The molecule has 0 saturated heterocycles. The number of rotatable bonds is 6. The summed E-state index contributed by atoms with van der Waals surface area (Å²) in [6.07, 6.45) is 3.30. The maximum absolute atomic E-state index is 5.89. The van der Waals surface area contributed by atoms with Gasteiger partial charge < -0.3 is 10.6 Å². The number of benzene rings is 1. The summed E-state index contributed by atoms with van der Waals surface area (Å²) < 4.78 is 0. The van der Waals surface area contributed by atoms with E-state index in [-0.39, 0.29) is 0 Å². The number of para-hydroxylation sites is 1. The average molecular weight is 289 g/mol. The predicted molar refractivity (Wildman–Crippen MR) is 90.5 cm³/mol. The molecule has 0 aliphatic rings. The molecule has 2 aromatic rings. The molecule has 1 heterocycles. The molecule has 0 bridgehead atoms. The van der Waals surface area contributed by atoms with Crippen LogP contribution in [-0.4, -0.2) is 30.1 Å². The molecule has 1 aromatic carbocycles. The summed E-state index contributed by atoms with van der Waals surface area (Å²) in [7, 11) is 2.11. The van der Waals surface area contributed by atoms with E-state index >= 15 is 0 Å². The molecule has 1 atom stereocenters. The first-order valence-corrected chi connectivity index (χ1v) is 8.37. The summed E-state index contributed by atoms with van der Waals surface area (Å²) in [5.74, 6) is 2.18. The summed E-state index contributed by atoms with van der Waals surface area (Å²) in [4.78, 5) is 7.03. The number of thioether (sulfide) groups is 1. The van der Waals surface area contributed by atoms with E-state index in [2.05, 4.69) is 43.3 Å². The highest BCUT2D eigenvalue weighted by Crippen LogP contribution is 2.23. The van der Waals surface area contributed by atoms with Crippen LogP contribution in [0.3, 0.4) is 0 Å². The van der Waals surface area contributed by atoms with Crippen molar-refractivity contribution < 1.29 is 0 Å². The van der Waals surface area contributed by atoms with Crippen LogP contribution in [0.4, 0.5) is 5.82 Å². The number of nitrogens with two attached hydrogens (primary N) is 1. The zero-order chi connectivity index (χ0) is 14.5. The Labute approximate surface area is 125 Å². The summed E-state index contributed by atoms with van der Waals surface area (Å²) in [6, 6.07) is 10.8. The molecule has 4 heteroatoms. The molecular formula is C16H23N3S. The van der Waals surface area contributed by atoms with Gasteiger partial charge >= 0.3 is 0 Å². The zero-order valence-corrected chi connectivity index (χ0v) is 13.3. The standard InChI is InChI=1S/C16H23N3S/c1-12(8-9-20-3)19(2)16-10-13(11-17)14-6-4-5-7-15(14)18-16/h4-7,10,12H,8-9,11,17H2,1-3H3. The van der Waals surface area contributed by atoms with E-state index < -0.39 is 0 Å². The van der Waals surface area contributed by atoms with Gasteiger partial charge in [-0.3, -0.25) is 0 Å². The number of fused-ring (bicyclic) bond motifs is 1. The lowest BCUT2D eigenvalue weighted by molar-refractivity contribution is 0.663. The molecule has 0 amide bonds. The van der Waals surface area contributed by atoms with E-state index in [0.29, 0.717) is 12.6 Å². The second-order valence-electron chi connectivity index (χ2n) is 5.10. The van der Waals surface area contributed by atoms with Crippen LogP contribution in [0.2, 0.25) is 0 Å². The van der Waals surface area contributed by atoms with Gasteiger partial charge in [-0.2, -0.15) is 11.8 Å². The number of pyridine rings is 1. The third-order valence-corrected chi connectivity index (χ3v) is 4.41. The highest BCUT2D eigenvalue weighted by molar-refractivity contribution is 7.98. The molecule has 0 aliphatic heterocycles. The monoisotopic (exact) mass is 289 g/mol. The van der Waals surface area contributed by atoms with E-state index in [4.69, 9.17) is 10.7 Å². The Kier molecular flexibility index (Phi) is 5.26. The third kappa shape index (κ3) is 3.25. The minimum Gasteiger partial charge on any atom is -0.357 e. The smallest absolute Gasteiger partial charge is 0.129 e. The lowest BCUT2D eigenvalue weighted by atomic mass is 10.1. The Morgan fingerprint density at radius 3 is 2.80 bits per heavy atom. The fourth-order valence-corrected chi connectivity index (χ4v) is 2.87. The van der Waals surface area contributed by atoms with Crippen LogP contribution < -0.4 is 10.6 Å². The van der Waals surface area contributed by atoms with Gasteiger partial charge in [0.15, 0.2) is 0 Å². The van der Waals surface area contributed by atoms with Crippen molar-refractivity contribution in [2.45, 2.75) is 25.9 Å². The van der Waals surface area contributed by atoms with Gasteiger partial charge in [0.2, 0.25) is 0 Å². The van der Waals surface area contributed by atoms with Crippen molar-refractivity contribution in [3.63, 3.8) is 0 Å². The lowest BCUT2D eigenvalue weighted by Crippen LogP contribution is -2.30. The first-order chi connectivity index (χ1) is 9.67. The van der Waals surface area contributed by atoms with Crippen LogP contribution in [0.15, 0.2) is 30.3 Å². The Morgan fingerprint density at radius 2 is 2.10 bits per heavy atom. The normalized spacial score (nSPS) is 12.6. The van der Waals surface area contributed by atoms with Crippen LogP contribution in [0.5, 0.6) is 0 Å². The summed E-state index contributed by atoms with van der Waals surface area (Å²) in [6.45, 7) is 2.79. The molecule has 1 aromatic heterocycles. The van der Waals surface area contributed by atoms with Crippen LogP contribution in [-0.2, 0) is 6.54 Å². The Bertz CT molecular complexity index is 571. The minimum absolute atomic E-state index is 0.474.